The van der Waals surface area contributed by atoms with Gasteiger partial charge >= 0.3 is 6.09 Å². The summed E-state index contributed by atoms with van der Waals surface area (Å²) in [4.78, 5) is 37.5. The normalized spacial score (nSPS) is 20.1. The molecule has 9 heteroatoms. The number of carbonyl (C=O) groups excluding carboxylic acids is 3. The first-order valence-electron chi connectivity index (χ1n) is 10.1. The van der Waals surface area contributed by atoms with E-state index in [0.717, 1.165) is 12.8 Å². The van der Waals surface area contributed by atoms with Gasteiger partial charge in [-0.3, -0.25) is 14.6 Å². The number of ether oxygens (including phenoxy) is 1. The summed E-state index contributed by atoms with van der Waals surface area (Å²) in [5.74, 6) is -0.794. The molecule has 2 unspecified atom stereocenters. The number of rotatable bonds is 6. The molecule has 1 aliphatic heterocycles. The second kappa shape index (κ2) is 10.5. The Bertz CT molecular complexity index is 627. The van der Waals surface area contributed by atoms with Gasteiger partial charge in [-0.25, -0.2) is 10.2 Å². The van der Waals surface area contributed by atoms with Crippen LogP contribution in [-0.2, 0) is 14.3 Å². The summed E-state index contributed by atoms with van der Waals surface area (Å²) >= 11 is 0. The van der Waals surface area contributed by atoms with Gasteiger partial charge in [0.05, 0.1) is 6.04 Å². The van der Waals surface area contributed by atoms with Crippen LogP contribution in [0.5, 0.6) is 0 Å². The van der Waals surface area contributed by atoms with Gasteiger partial charge in [-0.05, 0) is 59.5 Å². The number of nitrogens with one attached hydrogen (secondary N) is 3. The number of carbonyl (C=O) groups is 3. The zero-order valence-electron chi connectivity index (χ0n) is 18.5. The van der Waals surface area contributed by atoms with Crippen LogP contribution in [0.15, 0.2) is 11.8 Å². The molecule has 1 saturated heterocycles. The average Bonchev–Trinajstić information content (AvgIpc) is 2.63. The molecule has 0 aromatic carbocycles. The smallest absolute Gasteiger partial charge is 0.408 e. The SMILES string of the molecule is C/C=C(\O)C1CCCN(C(=O)[C@H](C)NC(=O)C(NC(=O)OC(C)(C)C)C(C)C)N1. The van der Waals surface area contributed by atoms with Crippen molar-refractivity contribution in [1.82, 2.24) is 21.1 Å². The summed E-state index contributed by atoms with van der Waals surface area (Å²) in [5, 5.41) is 16.6. The molecule has 1 rings (SSSR count). The third-order valence-electron chi connectivity index (χ3n) is 4.46. The van der Waals surface area contributed by atoms with Gasteiger partial charge in [0.25, 0.3) is 5.91 Å². The zero-order valence-corrected chi connectivity index (χ0v) is 18.5. The van der Waals surface area contributed by atoms with Crippen molar-refractivity contribution in [2.45, 2.75) is 85.0 Å². The quantitative estimate of drug-likeness (QED) is 0.495. The molecule has 0 spiro atoms. The molecule has 3 atom stereocenters. The van der Waals surface area contributed by atoms with Crippen LogP contribution >= 0.6 is 0 Å². The number of aliphatic hydroxyl groups excluding tert-OH is 1. The lowest BCUT2D eigenvalue weighted by Crippen LogP contribution is -2.60. The van der Waals surface area contributed by atoms with E-state index in [-0.39, 0.29) is 23.6 Å². The van der Waals surface area contributed by atoms with Crippen LogP contribution in [0.3, 0.4) is 0 Å². The maximum atomic E-state index is 12.7. The Morgan fingerprint density at radius 3 is 2.34 bits per heavy atom. The highest BCUT2D eigenvalue weighted by atomic mass is 16.6. The topological polar surface area (TPSA) is 120 Å². The first-order chi connectivity index (χ1) is 13.4. The van der Waals surface area contributed by atoms with Gasteiger partial charge in [0, 0.05) is 6.54 Å². The van der Waals surface area contributed by atoms with Crippen LogP contribution in [0.25, 0.3) is 0 Å². The van der Waals surface area contributed by atoms with E-state index in [2.05, 4.69) is 16.1 Å². The Morgan fingerprint density at radius 1 is 1.21 bits per heavy atom. The van der Waals surface area contributed by atoms with E-state index < -0.39 is 29.7 Å². The highest BCUT2D eigenvalue weighted by Gasteiger charge is 2.32. The van der Waals surface area contributed by atoms with Crippen molar-refractivity contribution in [2.75, 3.05) is 6.54 Å². The van der Waals surface area contributed by atoms with Crippen molar-refractivity contribution >= 4 is 17.9 Å². The summed E-state index contributed by atoms with van der Waals surface area (Å²) in [5.41, 5.74) is 2.31. The number of hydrogen-bond acceptors (Lipinski definition) is 6. The molecule has 1 fully saturated rings. The molecule has 29 heavy (non-hydrogen) atoms. The molecule has 1 heterocycles. The summed E-state index contributed by atoms with van der Waals surface area (Å²) in [6, 6.07) is -1.96. The van der Waals surface area contributed by atoms with Gasteiger partial charge in [0.15, 0.2) is 0 Å². The van der Waals surface area contributed by atoms with Crippen LogP contribution in [0.4, 0.5) is 4.79 Å². The molecule has 0 saturated carbocycles. The van der Waals surface area contributed by atoms with Gasteiger partial charge in [-0.1, -0.05) is 13.8 Å². The lowest BCUT2D eigenvalue weighted by atomic mass is 10.0. The number of hydrazine groups is 1. The van der Waals surface area contributed by atoms with Gasteiger partial charge in [0.1, 0.15) is 23.4 Å². The van der Waals surface area contributed by atoms with Crippen LogP contribution < -0.4 is 16.1 Å². The maximum Gasteiger partial charge on any atom is 0.408 e. The minimum Gasteiger partial charge on any atom is -0.511 e. The monoisotopic (exact) mass is 412 g/mol. The largest absolute Gasteiger partial charge is 0.511 e. The number of amides is 3. The standard InChI is InChI=1S/C20H36N4O5/c1-8-15(25)14-10-9-11-24(23-14)18(27)13(4)21-17(26)16(12(2)3)22-19(28)29-20(5,6)7/h8,12-14,16,23,25H,9-11H2,1-7H3,(H,21,26)(H,22,28)/b15-8-/t13-,14?,16?/m0/s1. The number of nitrogens with zero attached hydrogens (tertiary/aromatic N) is 1. The molecule has 166 valence electrons. The van der Waals surface area contributed by atoms with E-state index in [1.54, 1.807) is 54.5 Å². The van der Waals surface area contributed by atoms with Crippen LogP contribution in [-0.4, -0.2) is 58.3 Å². The number of aliphatic hydroxyl groups is 1. The minimum absolute atomic E-state index is 0.181. The summed E-state index contributed by atoms with van der Waals surface area (Å²) in [6.07, 6.45) is 2.35. The van der Waals surface area contributed by atoms with Crippen LogP contribution in [0.1, 0.15) is 61.3 Å². The van der Waals surface area contributed by atoms with E-state index in [9.17, 15) is 19.5 Å². The maximum absolute atomic E-state index is 12.7. The van der Waals surface area contributed by atoms with Crippen molar-refractivity contribution in [3.8, 4) is 0 Å². The summed E-state index contributed by atoms with van der Waals surface area (Å²) in [7, 11) is 0. The van der Waals surface area contributed by atoms with Gasteiger partial charge in [0.2, 0.25) is 5.91 Å². The molecule has 0 aromatic rings. The Balaban J connectivity index is 2.71. The van der Waals surface area contributed by atoms with Gasteiger partial charge in [-0.2, -0.15) is 0 Å². The molecule has 1 aliphatic rings. The Hall–Kier alpha value is -2.29. The molecule has 0 radical (unpaired) electrons. The third-order valence-corrected chi connectivity index (χ3v) is 4.46. The van der Waals surface area contributed by atoms with Gasteiger partial charge in [-0.15, -0.1) is 0 Å². The molecule has 0 bridgehead atoms. The van der Waals surface area contributed by atoms with E-state index in [0.29, 0.717) is 6.54 Å². The second-order valence-electron chi connectivity index (χ2n) is 8.63. The number of allylic oxidation sites excluding steroid dienone is 1. The van der Waals surface area contributed by atoms with E-state index in [1.165, 1.54) is 5.01 Å². The molecule has 4 N–H and O–H groups in total. The Morgan fingerprint density at radius 2 is 1.83 bits per heavy atom. The van der Waals surface area contributed by atoms with Crippen molar-refractivity contribution in [3.05, 3.63) is 11.8 Å². The number of hydrogen-bond donors (Lipinski definition) is 4. The zero-order chi connectivity index (χ0) is 22.4. The molecule has 3 amide bonds. The fourth-order valence-corrected chi connectivity index (χ4v) is 2.93. The van der Waals surface area contributed by atoms with Crippen molar-refractivity contribution in [1.29, 1.82) is 0 Å². The summed E-state index contributed by atoms with van der Waals surface area (Å²) < 4.78 is 5.22. The summed E-state index contributed by atoms with van der Waals surface area (Å²) in [6.45, 7) is 12.6. The predicted octanol–water partition coefficient (Wildman–Crippen LogP) is 2.00. The van der Waals surface area contributed by atoms with E-state index >= 15 is 0 Å². The van der Waals surface area contributed by atoms with Crippen LogP contribution in [0, 0.1) is 5.92 Å². The first-order valence-corrected chi connectivity index (χ1v) is 10.1. The van der Waals surface area contributed by atoms with Crippen molar-refractivity contribution in [3.63, 3.8) is 0 Å². The predicted molar refractivity (Wildman–Crippen MR) is 110 cm³/mol. The molecule has 9 nitrogen and oxygen atoms in total. The minimum atomic E-state index is -0.839. The molecular formula is C20H36N4O5. The highest BCUT2D eigenvalue weighted by molar-refractivity contribution is 5.91. The van der Waals surface area contributed by atoms with Gasteiger partial charge < -0.3 is 20.5 Å². The molecule has 0 aromatic heterocycles. The Kier molecular flexibility index (Phi) is 8.94. The van der Waals surface area contributed by atoms with Crippen molar-refractivity contribution < 1.29 is 24.2 Å². The lowest BCUT2D eigenvalue weighted by Gasteiger charge is -2.35. The fraction of sp³-hybridized carbons (Fsp3) is 0.750. The number of alkyl carbamates (subject to hydrolysis) is 1. The second-order valence-corrected chi connectivity index (χ2v) is 8.63. The molecule has 0 aliphatic carbocycles. The third kappa shape index (κ3) is 7.92. The van der Waals surface area contributed by atoms with Crippen molar-refractivity contribution in [2.24, 2.45) is 5.92 Å². The van der Waals surface area contributed by atoms with E-state index in [1.807, 2.05) is 0 Å². The fourth-order valence-electron chi connectivity index (χ4n) is 2.93. The average molecular weight is 413 g/mol. The highest BCUT2D eigenvalue weighted by Crippen LogP contribution is 2.14. The lowest BCUT2D eigenvalue weighted by molar-refractivity contribution is -0.141. The van der Waals surface area contributed by atoms with Crippen LogP contribution in [0.2, 0.25) is 0 Å². The molecular weight excluding hydrogens is 376 g/mol. The van der Waals surface area contributed by atoms with E-state index in [4.69, 9.17) is 4.74 Å². The first kappa shape index (κ1) is 24.7. The Labute approximate surface area is 173 Å².